The SMILES string of the molecule is COC1CC(C(=O)O)N(C(=O)NCCCC2CCCC2)C1. The van der Waals surface area contributed by atoms with Gasteiger partial charge in [0.05, 0.1) is 6.10 Å². The summed E-state index contributed by atoms with van der Waals surface area (Å²) in [5.41, 5.74) is 0. The van der Waals surface area contributed by atoms with E-state index in [1.807, 2.05) is 0 Å². The Morgan fingerprint density at radius 2 is 2.05 bits per heavy atom. The van der Waals surface area contributed by atoms with Gasteiger partial charge in [0, 0.05) is 26.6 Å². The number of carboxylic acids is 1. The third kappa shape index (κ3) is 4.33. The summed E-state index contributed by atoms with van der Waals surface area (Å²) in [5, 5.41) is 12.0. The predicted octanol–water partition coefficient (Wildman–Crippen LogP) is 1.84. The van der Waals surface area contributed by atoms with E-state index in [1.165, 1.54) is 30.6 Å². The number of hydrogen-bond acceptors (Lipinski definition) is 3. The van der Waals surface area contributed by atoms with Gasteiger partial charge in [-0.3, -0.25) is 0 Å². The third-order valence-electron chi connectivity index (χ3n) is 4.68. The van der Waals surface area contributed by atoms with Crippen LogP contribution in [0.5, 0.6) is 0 Å². The zero-order valence-corrected chi connectivity index (χ0v) is 12.7. The monoisotopic (exact) mass is 298 g/mol. The Morgan fingerprint density at radius 1 is 1.33 bits per heavy atom. The fourth-order valence-electron chi connectivity index (χ4n) is 3.41. The molecule has 2 rings (SSSR count). The standard InChI is InChI=1S/C15H26N2O4/c1-21-12-9-13(14(18)19)17(10-12)15(20)16-8-4-7-11-5-2-3-6-11/h11-13H,2-10H2,1H3,(H,16,20)(H,18,19). The van der Waals surface area contributed by atoms with Crippen LogP contribution in [0.25, 0.3) is 0 Å². The number of likely N-dealkylation sites (tertiary alicyclic amines) is 1. The van der Waals surface area contributed by atoms with Crippen LogP contribution in [0.2, 0.25) is 0 Å². The summed E-state index contributed by atoms with van der Waals surface area (Å²) in [5.74, 6) is -0.144. The van der Waals surface area contributed by atoms with E-state index in [0.29, 0.717) is 19.5 Å². The molecule has 0 aromatic rings. The van der Waals surface area contributed by atoms with Crippen molar-refractivity contribution in [3.8, 4) is 0 Å². The second-order valence-electron chi connectivity index (χ2n) is 6.12. The number of rotatable bonds is 6. The summed E-state index contributed by atoms with van der Waals surface area (Å²) in [4.78, 5) is 24.7. The first-order valence-corrected chi connectivity index (χ1v) is 7.92. The van der Waals surface area contributed by atoms with E-state index in [2.05, 4.69) is 5.32 Å². The Balaban J connectivity index is 1.72. The molecule has 0 aromatic carbocycles. The minimum absolute atomic E-state index is 0.185. The number of carbonyl (C=O) groups excluding carboxylic acids is 1. The molecule has 0 spiro atoms. The topological polar surface area (TPSA) is 78.9 Å². The minimum atomic E-state index is -0.962. The summed E-state index contributed by atoms with van der Waals surface area (Å²) in [6, 6.07) is -1.06. The quantitative estimate of drug-likeness (QED) is 0.733. The van der Waals surface area contributed by atoms with Crippen LogP contribution in [0.3, 0.4) is 0 Å². The Labute approximate surface area is 125 Å². The van der Waals surface area contributed by atoms with Crippen LogP contribution in [0.4, 0.5) is 4.79 Å². The van der Waals surface area contributed by atoms with Gasteiger partial charge in [0.15, 0.2) is 0 Å². The molecule has 2 unspecified atom stereocenters. The van der Waals surface area contributed by atoms with Crippen LogP contribution in [-0.4, -0.2) is 54.4 Å². The zero-order valence-electron chi connectivity index (χ0n) is 12.7. The van der Waals surface area contributed by atoms with Crippen molar-refractivity contribution >= 4 is 12.0 Å². The summed E-state index contributed by atoms with van der Waals surface area (Å²) in [6.07, 6.45) is 7.61. The largest absolute Gasteiger partial charge is 0.480 e. The smallest absolute Gasteiger partial charge is 0.326 e. The summed E-state index contributed by atoms with van der Waals surface area (Å²) in [6.45, 7) is 0.970. The maximum Gasteiger partial charge on any atom is 0.326 e. The van der Waals surface area contributed by atoms with E-state index >= 15 is 0 Å². The van der Waals surface area contributed by atoms with E-state index in [0.717, 1.165) is 18.8 Å². The Kier molecular flexibility index (Phi) is 5.85. The summed E-state index contributed by atoms with van der Waals surface area (Å²) in [7, 11) is 1.55. The molecule has 1 aliphatic carbocycles. The molecule has 2 amide bonds. The lowest BCUT2D eigenvalue weighted by atomic mass is 10.0. The van der Waals surface area contributed by atoms with Gasteiger partial charge in [0.25, 0.3) is 0 Å². The number of carbonyl (C=O) groups is 2. The van der Waals surface area contributed by atoms with Crippen molar-refractivity contribution in [1.82, 2.24) is 10.2 Å². The van der Waals surface area contributed by atoms with E-state index in [4.69, 9.17) is 4.74 Å². The second kappa shape index (κ2) is 7.64. The molecule has 1 aliphatic heterocycles. The first-order valence-electron chi connectivity index (χ1n) is 7.92. The van der Waals surface area contributed by atoms with Crippen molar-refractivity contribution in [2.45, 2.75) is 57.1 Å². The fourth-order valence-corrected chi connectivity index (χ4v) is 3.41. The van der Waals surface area contributed by atoms with Crippen LogP contribution in [0.15, 0.2) is 0 Å². The average molecular weight is 298 g/mol. The highest BCUT2D eigenvalue weighted by molar-refractivity contribution is 5.83. The maximum absolute atomic E-state index is 12.1. The van der Waals surface area contributed by atoms with Crippen LogP contribution < -0.4 is 5.32 Å². The minimum Gasteiger partial charge on any atom is -0.480 e. The third-order valence-corrected chi connectivity index (χ3v) is 4.68. The van der Waals surface area contributed by atoms with Gasteiger partial charge in [0.2, 0.25) is 0 Å². The van der Waals surface area contributed by atoms with E-state index in [1.54, 1.807) is 7.11 Å². The number of methoxy groups -OCH3 is 1. The fraction of sp³-hybridized carbons (Fsp3) is 0.867. The Hall–Kier alpha value is -1.30. The van der Waals surface area contributed by atoms with Gasteiger partial charge in [-0.25, -0.2) is 9.59 Å². The molecule has 2 atom stereocenters. The maximum atomic E-state index is 12.1. The molecular weight excluding hydrogens is 272 g/mol. The number of ether oxygens (including phenoxy) is 1. The second-order valence-corrected chi connectivity index (χ2v) is 6.12. The van der Waals surface area contributed by atoms with Gasteiger partial charge in [-0.05, 0) is 18.8 Å². The molecule has 0 bridgehead atoms. The zero-order chi connectivity index (χ0) is 15.2. The molecule has 1 saturated heterocycles. The molecule has 120 valence electrons. The van der Waals surface area contributed by atoms with Gasteiger partial charge >= 0.3 is 12.0 Å². The summed E-state index contributed by atoms with van der Waals surface area (Å²) >= 11 is 0. The number of aliphatic carboxylic acids is 1. The number of nitrogens with one attached hydrogen (secondary N) is 1. The normalized spacial score (nSPS) is 26.2. The van der Waals surface area contributed by atoms with Crippen LogP contribution >= 0.6 is 0 Å². The molecular formula is C15H26N2O4. The summed E-state index contributed by atoms with van der Waals surface area (Å²) < 4.78 is 5.18. The average Bonchev–Trinajstić information content (AvgIpc) is 3.12. The lowest BCUT2D eigenvalue weighted by molar-refractivity contribution is -0.141. The molecule has 6 heteroatoms. The van der Waals surface area contributed by atoms with Crippen molar-refractivity contribution in [1.29, 1.82) is 0 Å². The van der Waals surface area contributed by atoms with Gasteiger partial charge < -0.3 is 20.1 Å². The first kappa shape index (κ1) is 16.1. The van der Waals surface area contributed by atoms with E-state index in [-0.39, 0.29) is 12.1 Å². The van der Waals surface area contributed by atoms with Gasteiger partial charge in [0.1, 0.15) is 6.04 Å². The molecule has 1 saturated carbocycles. The number of urea groups is 1. The van der Waals surface area contributed by atoms with Gasteiger partial charge in [-0.2, -0.15) is 0 Å². The van der Waals surface area contributed by atoms with Crippen molar-refractivity contribution in [2.75, 3.05) is 20.2 Å². The number of hydrogen-bond donors (Lipinski definition) is 2. The lowest BCUT2D eigenvalue weighted by Gasteiger charge is -2.21. The molecule has 1 heterocycles. The Morgan fingerprint density at radius 3 is 2.67 bits per heavy atom. The molecule has 6 nitrogen and oxygen atoms in total. The Bertz CT molecular complexity index is 369. The van der Waals surface area contributed by atoms with E-state index < -0.39 is 12.0 Å². The lowest BCUT2D eigenvalue weighted by Crippen LogP contribution is -2.46. The van der Waals surface area contributed by atoms with Crippen LogP contribution in [0.1, 0.15) is 44.9 Å². The van der Waals surface area contributed by atoms with Gasteiger partial charge in [-0.1, -0.05) is 25.7 Å². The van der Waals surface area contributed by atoms with Crippen molar-refractivity contribution < 1.29 is 19.4 Å². The highest BCUT2D eigenvalue weighted by Gasteiger charge is 2.39. The van der Waals surface area contributed by atoms with Crippen molar-refractivity contribution in [3.05, 3.63) is 0 Å². The molecule has 21 heavy (non-hydrogen) atoms. The van der Waals surface area contributed by atoms with E-state index in [9.17, 15) is 14.7 Å². The first-order chi connectivity index (χ1) is 10.1. The molecule has 0 aromatic heterocycles. The van der Waals surface area contributed by atoms with Crippen LogP contribution in [0, 0.1) is 5.92 Å². The molecule has 2 aliphatic rings. The van der Waals surface area contributed by atoms with Crippen molar-refractivity contribution in [3.63, 3.8) is 0 Å². The predicted molar refractivity (Wildman–Crippen MR) is 78.1 cm³/mol. The molecule has 0 radical (unpaired) electrons. The highest BCUT2D eigenvalue weighted by atomic mass is 16.5. The molecule has 2 N–H and O–H groups in total. The highest BCUT2D eigenvalue weighted by Crippen LogP contribution is 2.28. The van der Waals surface area contributed by atoms with Gasteiger partial charge in [-0.15, -0.1) is 0 Å². The number of nitrogens with zero attached hydrogens (tertiary/aromatic N) is 1. The number of carboxylic acid groups (broad SMARTS) is 1. The number of amides is 2. The van der Waals surface area contributed by atoms with Crippen molar-refractivity contribution in [2.24, 2.45) is 5.92 Å². The molecule has 2 fully saturated rings. The van der Waals surface area contributed by atoms with Crippen LogP contribution in [-0.2, 0) is 9.53 Å².